The van der Waals surface area contributed by atoms with Crippen molar-refractivity contribution in [1.29, 1.82) is 0 Å². The molecule has 4 saturated heterocycles. The number of methoxy groups -OCH3 is 2. The van der Waals surface area contributed by atoms with Crippen LogP contribution in [0.4, 0.5) is 33.9 Å². The number of ether oxygens (including phenoxy) is 6. The normalized spacial score (nSPS) is 23.1. The second-order valence-electron chi connectivity index (χ2n) is 20.0. The van der Waals surface area contributed by atoms with Crippen molar-refractivity contribution < 1.29 is 50.8 Å². The summed E-state index contributed by atoms with van der Waals surface area (Å²) in [5, 5.41) is 0.115. The molecular formula is C52H59F4N7O7. The van der Waals surface area contributed by atoms with E-state index in [2.05, 4.69) is 9.88 Å². The number of carbonyl (C=O) groups is 1. The second kappa shape index (κ2) is 18.6. The summed E-state index contributed by atoms with van der Waals surface area (Å²) >= 11 is 0. The van der Waals surface area contributed by atoms with E-state index in [0.29, 0.717) is 49.8 Å². The third-order valence-electron chi connectivity index (χ3n) is 14.3. The highest BCUT2D eigenvalue weighted by Crippen LogP contribution is 2.49. The number of amides is 1. The van der Waals surface area contributed by atoms with E-state index in [-0.39, 0.29) is 72.0 Å². The van der Waals surface area contributed by atoms with Crippen LogP contribution in [-0.2, 0) is 28.7 Å². The van der Waals surface area contributed by atoms with Crippen LogP contribution in [0.25, 0.3) is 22.2 Å². The van der Waals surface area contributed by atoms with E-state index in [1.54, 1.807) is 19.1 Å². The maximum Gasteiger partial charge on any atom is 0.417 e. The SMILES string of the molecule is COc1ccc(CN(Cc2ccc(OC)cc2)c2cc(C)c(C(F)(F)F)c(-c3nc4c5c(nc(OC[C@@H]6CC[C@H]7COCCN76)nc5c3F)N3C[C@H]5CC[C@@H](C3[C@H](C)O4)N5C(=O)OC(C)(C)C)c2)cc1. The molecule has 5 aromatic rings. The summed E-state index contributed by atoms with van der Waals surface area (Å²) in [6, 6.07) is 16.7. The predicted molar refractivity (Wildman–Crippen MR) is 254 cm³/mol. The number of anilines is 2. The van der Waals surface area contributed by atoms with Crippen molar-refractivity contribution in [1.82, 2.24) is 24.8 Å². The summed E-state index contributed by atoms with van der Waals surface area (Å²) in [5.74, 6) is 0.392. The fourth-order valence-electron chi connectivity index (χ4n) is 11.2. The third kappa shape index (κ3) is 9.08. The van der Waals surface area contributed by atoms with E-state index < -0.39 is 58.7 Å². The quantitative estimate of drug-likeness (QED) is 0.117. The average Bonchev–Trinajstić information content (AvgIpc) is 3.85. The molecule has 1 unspecified atom stereocenters. The van der Waals surface area contributed by atoms with Gasteiger partial charge in [0.1, 0.15) is 52.2 Å². The first-order valence-electron chi connectivity index (χ1n) is 24.0. The molecular weight excluding hydrogens is 911 g/mol. The molecule has 2 aromatic heterocycles. The van der Waals surface area contributed by atoms with Gasteiger partial charge in [0, 0.05) is 49.5 Å². The molecule has 10 rings (SSSR count). The van der Waals surface area contributed by atoms with Gasteiger partial charge in [0.05, 0.1) is 51.1 Å². The molecule has 0 aliphatic carbocycles. The Bertz CT molecular complexity index is 2710. The number of aryl methyl sites for hydroxylation is 1. The molecule has 0 saturated carbocycles. The number of hydrogen-bond donors (Lipinski definition) is 0. The first-order chi connectivity index (χ1) is 33.5. The lowest BCUT2D eigenvalue weighted by atomic mass is 9.95. The Balaban J connectivity index is 1.12. The summed E-state index contributed by atoms with van der Waals surface area (Å²) in [5.41, 5.74) is -1.14. The Hall–Kier alpha value is -6.14. The average molecular weight is 970 g/mol. The van der Waals surface area contributed by atoms with Crippen LogP contribution in [-0.4, -0.2) is 120 Å². The highest BCUT2D eigenvalue weighted by molar-refractivity contribution is 5.98. The molecule has 5 aliphatic rings. The van der Waals surface area contributed by atoms with Crippen LogP contribution in [0.5, 0.6) is 23.4 Å². The molecule has 18 heteroatoms. The summed E-state index contributed by atoms with van der Waals surface area (Å²) in [7, 11) is 3.15. The van der Waals surface area contributed by atoms with Crippen molar-refractivity contribution in [2.75, 3.05) is 56.9 Å². The van der Waals surface area contributed by atoms with E-state index in [9.17, 15) is 4.79 Å². The highest BCUT2D eigenvalue weighted by atomic mass is 19.4. The molecule has 5 aliphatic heterocycles. The van der Waals surface area contributed by atoms with Gasteiger partial charge < -0.3 is 38.2 Å². The highest BCUT2D eigenvalue weighted by Gasteiger charge is 2.54. The van der Waals surface area contributed by atoms with Crippen molar-refractivity contribution in [2.24, 2.45) is 0 Å². The Morgan fingerprint density at radius 2 is 1.56 bits per heavy atom. The minimum absolute atomic E-state index is 0.0314. The van der Waals surface area contributed by atoms with Crippen molar-refractivity contribution in [3.05, 3.63) is 88.7 Å². The molecule has 372 valence electrons. The number of aromatic nitrogens is 3. The smallest absolute Gasteiger partial charge is 0.417 e. The fraction of sp³-hybridized carbons (Fsp3) is 0.500. The zero-order valence-corrected chi connectivity index (χ0v) is 40.5. The van der Waals surface area contributed by atoms with Gasteiger partial charge in [-0.15, -0.1) is 0 Å². The van der Waals surface area contributed by atoms with Gasteiger partial charge in [-0.05, 0) is 113 Å². The molecule has 3 aromatic carbocycles. The van der Waals surface area contributed by atoms with E-state index in [0.717, 1.165) is 30.5 Å². The molecule has 4 fully saturated rings. The van der Waals surface area contributed by atoms with Crippen molar-refractivity contribution in [2.45, 2.75) is 121 Å². The number of morpholine rings is 1. The standard InChI is InChI=1S/C52H59F4N7O7/c1-29-22-36(60(24-31-8-15-37(65-6)16-9-31)25-32-10-17-38(66-7)18-11-32)23-39(42(29)52(54,55)56)44-43(53)45-41-47(59-49(58-45)68-28-35-13-12-34-27-67-21-20-61(34)35)62-26-33-14-19-40(46(62)30(2)69-48(41)57-44)63(33)50(64)70-51(3,4)5/h8-11,15-18,22-23,30,33-35,40,46H,12-14,19-21,24-28H2,1-7H3/t30-,33+,34-,35-,40-,46?/m0/s1. The zero-order valence-electron chi connectivity index (χ0n) is 40.5. The number of carbonyl (C=O) groups excluding carboxylic acids is 1. The van der Waals surface area contributed by atoms with Gasteiger partial charge in [0.25, 0.3) is 0 Å². The number of hydrogen-bond acceptors (Lipinski definition) is 13. The van der Waals surface area contributed by atoms with Gasteiger partial charge in [-0.3, -0.25) is 9.80 Å². The number of pyridine rings is 1. The molecule has 1 amide bonds. The lowest BCUT2D eigenvalue weighted by Crippen LogP contribution is -2.65. The number of halogens is 4. The van der Waals surface area contributed by atoms with Crippen LogP contribution in [0.1, 0.15) is 75.6 Å². The number of piperazine rings is 1. The minimum atomic E-state index is -4.92. The third-order valence-corrected chi connectivity index (χ3v) is 14.3. The summed E-state index contributed by atoms with van der Waals surface area (Å²) in [4.78, 5) is 36.4. The first kappa shape index (κ1) is 47.5. The van der Waals surface area contributed by atoms with Crippen LogP contribution >= 0.6 is 0 Å². The number of alkyl halides is 3. The Morgan fingerprint density at radius 1 is 0.886 bits per heavy atom. The summed E-state index contributed by atoms with van der Waals surface area (Å²) < 4.78 is 100. The molecule has 0 radical (unpaired) electrons. The predicted octanol–water partition coefficient (Wildman–Crippen LogP) is 9.36. The van der Waals surface area contributed by atoms with Crippen LogP contribution in [0.2, 0.25) is 0 Å². The van der Waals surface area contributed by atoms with Gasteiger partial charge in [0.15, 0.2) is 5.82 Å². The van der Waals surface area contributed by atoms with Crippen LogP contribution in [0.15, 0.2) is 60.7 Å². The molecule has 14 nitrogen and oxygen atoms in total. The minimum Gasteiger partial charge on any atom is -0.497 e. The van der Waals surface area contributed by atoms with E-state index in [4.69, 9.17) is 38.4 Å². The van der Waals surface area contributed by atoms with E-state index >= 15 is 17.6 Å². The monoisotopic (exact) mass is 969 g/mol. The van der Waals surface area contributed by atoms with Gasteiger partial charge in [-0.25, -0.2) is 14.2 Å². The molecule has 0 spiro atoms. The van der Waals surface area contributed by atoms with Gasteiger partial charge in [-0.1, -0.05) is 24.3 Å². The zero-order chi connectivity index (χ0) is 49.2. The fourth-order valence-corrected chi connectivity index (χ4v) is 11.2. The van der Waals surface area contributed by atoms with Crippen LogP contribution < -0.4 is 28.7 Å². The Kier molecular flexibility index (Phi) is 12.6. The van der Waals surface area contributed by atoms with Gasteiger partial charge in [0.2, 0.25) is 5.88 Å². The Morgan fingerprint density at radius 3 is 2.20 bits per heavy atom. The summed E-state index contributed by atoms with van der Waals surface area (Å²) in [6.45, 7) is 11.7. The second-order valence-corrected chi connectivity index (χ2v) is 20.0. The maximum absolute atomic E-state index is 18.1. The molecule has 7 heterocycles. The van der Waals surface area contributed by atoms with Crippen LogP contribution in [0.3, 0.4) is 0 Å². The molecule has 70 heavy (non-hydrogen) atoms. The lowest BCUT2D eigenvalue weighted by molar-refractivity contribution is -0.137. The molecule has 6 atom stereocenters. The topological polar surface area (TPSA) is 124 Å². The number of nitrogens with zero attached hydrogens (tertiary/aromatic N) is 7. The maximum atomic E-state index is 18.1. The van der Waals surface area contributed by atoms with Gasteiger partial charge >= 0.3 is 18.3 Å². The van der Waals surface area contributed by atoms with Crippen LogP contribution in [0, 0.1) is 12.7 Å². The van der Waals surface area contributed by atoms with E-state index in [1.165, 1.54) is 19.1 Å². The number of fused-ring (bicyclic) bond motifs is 6. The first-order valence-corrected chi connectivity index (χ1v) is 24.0. The van der Waals surface area contributed by atoms with Crippen molar-refractivity contribution in [3.63, 3.8) is 0 Å². The lowest BCUT2D eigenvalue weighted by Gasteiger charge is -2.48. The van der Waals surface area contributed by atoms with E-state index in [1.807, 2.05) is 86.0 Å². The largest absolute Gasteiger partial charge is 0.497 e. The molecule has 0 N–H and O–H groups in total. The number of rotatable bonds is 11. The molecule has 2 bridgehead atoms. The Labute approximate surface area is 404 Å². The van der Waals surface area contributed by atoms with Gasteiger partial charge in [-0.2, -0.15) is 23.1 Å². The summed E-state index contributed by atoms with van der Waals surface area (Å²) in [6.07, 6.45) is -2.97. The van der Waals surface area contributed by atoms with Crippen molar-refractivity contribution in [3.8, 4) is 34.6 Å². The number of benzene rings is 3. The van der Waals surface area contributed by atoms with Crippen molar-refractivity contribution >= 4 is 28.5 Å².